The monoisotopic (exact) mass is 377 g/mol. The first-order valence-electron chi connectivity index (χ1n) is 8.58. The van der Waals surface area contributed by atoms with Gasteiger partial charge in [0.15, 0.2) is 16.3 Å². The number of ether oxygens (including phenoxy) is 1. The first-order chi connectivity index (χ1) is 13.2. The van der Waals surface area contributed by atoms with E-state index < -0.39 is 0 Å². The molecule has 0 atom stereocenters. The molecule has 0 radical (unpaired) electrons. The van der Waals surface area contributed by atoms with Crippen molar-refractivity contribution in [3.63, 3.8) is 0 Å². The molecule has 0 fully saturated rings. The average molecular weight is 377 g/mol. The number of benzene rings is 2. The number of fused-ring (bicyclic) bond motifs is 1. The lowest BCUT2D eigenvalue weighted by Crippen LogP contribution is -2.13. The highest BCUT2D eigenvalue weighted by Crippen LogP contribution is 2.28. The van der Waals surface area contributed by atoms with E-state index in [1.807, 2.05) is 47.0 Å². The molecule has 0 saturated heterocycles. The van der Waals surface area contributed by atoms with Gasteiger partial charge in [0, 0.05) is 11.4 Å². The van der Waals surface area contributed by atoms with Gasteiger partial charge >= 0.3 is 0 Å². The number of hydrogen-bond acceptors (Lipinski definition) is 5. The van der Waals surface area contributed by atoms with Gasteiger partial charge in [0.05, 0.1) is 13.4 Å². The number of H-pyrrole nitrogens is 1. The van der Waals surface area contributed by atoms with Crippen molar-refractivity contribution in [2.75, 3.05) is 7.11 Å². The summed E-state index contributed by atoms with van der Waals surface area (Å²) in [5.74, 6) is 0.803. The Morgan fingerprint density at radius 3 is 2.81 bits per heavy atom. The van der Waals surface area contributed by atoms with Crippen LogP contribution in [0.4, 0.5) is 0 Å². The summed E-state index contributed by atoms with van der Waals surface area (Å²) in [5, 5.41) is 8.82. The molecule has 2 aromatic heterocycles. The molecule has 2 heterocycles. The second-order valence-corrected chi connectivity index (χ2v) is 7.11. The Hall–Kier alpha value is -3.06. The molecule has 0 saturated carbocycles. The maximum absolute atomic E-state index is 8.09. The van der Waals surface area contributed by atoms with Crippen molar-refractivity contribution in [2.24, 2.45) is 0 Å². The van der Waals surface area contributed by atoms with Crippen molar-refractivity contribution in [2.45, 2.75) is 23.0 Å². The van der Waals surface area contributed by atoms with Crippen molar-refractivity contribution < 1.29 is 4.74 Å². The number of aromatic amines is 1. The first kappa shape index (κ1) is 17.4. The molecule has 0 spiro atoms. The third-order valence-corrected chi connectivity index (χ3v) is 5.11. The number of methoxy groups -OCH3 is 1. The molecule has 4 rings (SSSR count). The Labute approximate surface area is 160 Å². The van der Waals surface area contributed by atoms with Gasteiger partial charge in [-0.25, -0.2) is 9.97 Å². The maximum Gasteiger partial charge on any atom is 0.173 e. The first-order valence-corrected chi connectivity index (χ1v) is 9.40. The van der Waals surface area contributed by atoms with Crippen molar-refractivity contribution in [1.29, 1.82) is 5.41 Å². The zero-order valence-corrected chi connectivity index (χ0v) is 15.7. The number of hydrogen-bond donors (Lipinski definition) is 2. The van der Waals surface area contributed by atoms with Crippen LogP contribution in [0.15, 0.2) is 71.0 Å². The Balaban J connectivity index is 1.62. The topological polar surface area (TPSA) is 79.6 Å². The van der Waals surface area contributed by atoms with Crippen LogP contribution in [0.3, 0.4) is 0 Å². The highest BCUT2D eigenvalue weighted by molar-refractivity contribution is 7.99. The largest absolute Gasteiger partial charge is 0.497 e. The number of aromatic nitrogens is 4. The third-order valence-electron chi connectivity index (χ3n) is 4.24. The molecular weight excluding hydrogens is 358 g/mol. The third kappa shape index (κ3) is 3.88. The molecule has 0 amide bonds. The van der Waals surface area contributed by atoms with Crippen LogP contribution in [0.1, 0.15) is 5.56 Å². The molecule has 4 aromatic rings. The van der Waals surface area contributed by atoms with Gasteiger partial charge < -0.3 is 14.3 Å². The summed E-state index contributed by atoms with van der Waals surface area (Å²) in [6.07, 6.45) is 2.57. The lowest BCUT2D eigenvalue weighted by Gasteiger charge is -2.06. The quantitative estimate of drug-likeness (QED) is 0.538. The van der Waals surface area contributed by atoms with Gasteiger partial charge in [0.2, 0.25) is 0 Å². The SMILES string of the molecule is COc1cccc(Sc2nc3c([nH]2)c(=N)ncn3CCc2ccccc2)c1. The summed E-state index contributed by atoms with van der Waals surface area (Å²) in [7, 11) is 1.65. The normalized spacial score (nSPS) is 11.0. The van der Waals surface area contributed by atoms with Crippen LogP contribution in [-0.2, 0) is 13.0 Å². The second kappa shape index (κ2) is 7.67. The highest BCUT2D eigenvalue weighted by Gasteiger charge is 2.11. The number of rotatable bonds is 6. The lowest BCUT2D eigenvalue weighted by atomic mass is 10.1. The summed E-state index contributed by atoms with van der Waals surface area (Å²) >= 11 is 1.50. The summed E-state index contributed by atoms with van der Waals surface area (Å²) in [6, 6.07) is 18.1. The zero-order valence-electron chi connectivity index (χ0n) is 14.8. The molecule has 136 valence electrons. The summed E-state index contributed by atoms with van der Waals surface area (Å²) < 4.78 is 7.27. The van der Waals surface area contributed by atoms with Crippen molar-refractivity contribution in [3.8, 4) is 5.75 Å². The highest BCUT2D eigenvalue weighted by atomic mass is 32.2. The fraction of sp³-hybridized carbons (Fsp3) is 0.150. The van der Waals surface area contributed by atoms with Crippen molar-refractivity contribution in [1.82, 2.24) is 19.5 Å². The van der Waals surface area contributed by atoms with E-state index in [4.69, 9.17) is 15.1 Å². The predicted molar refractivity (Wildman–Crippen MR) is 105 cm³/mol. The molecule has 0 aliphatic rings. The lowest BCUT2D eigenvalue weighted by molar-refractivity contribution is 0.413. The fourth-order valence-corrected chi connectivity index (χ4v) is 3.68. The molecule has 0 unspecified atom stereocenters. The standard InChI is InChI=1S/C20H19N5OS/c1-26-15-8-5-9-16(12-15)27-20-23-17-18(21)22-13-25(19(17)24-20)11-10-14-6-3-2-4-7-14/h2-9,12-13,21H,10-11H2,1H3,(H,23,24). The minimum absolute atomic E-state index is 0.200. The van der Waals surface area contributed by atoms with E-state index >= 15 is 0 Å². The number of nitrogens with one attached hydrogen (secondary N) is 2. The van der Waals surface area contributed by atoms with Crippen LogP contribution in [0.5, 0.6) is 5.75 Å². The van der Waals surface area contributed by atoms with E-state index in [1.165, 1.54) is 17.3 Å². The Kier molecular flexibility index (Phi) is 4.93. The van der Waals surface area contributed by atoms with Gasteiger partial charge in [-0.3, -0.25) is 5.41 Å². The fourth-order valence-electron chi connectivity index (χ4n) is 2.84. The predicted octanol–water partition coefficient (Wildman–Crippen LogP) is 3.64. The molecule has 0 aliphatic carbocycles. The van der Waals surface area contributed by atoms with E-state index in [0.717, 1.165) is 34.4 Å². The molecular formula is C20H19N5OS. The number of nitrogens with zero attached hydrogens (tertiary/aromatic N) is 3. The Bertz CT molecular complexity index is 1120. The molecule has 2 aromatic carbocycles. The van der Waals surface area contributed by atoms with Gasteiger partial charge in [-0.1, -0.05) is 48.2 Å². The smallest absolute Gasteiger partial charge is 0.173 e. The maximum atomic E-state index is 8.09. The minimum Gasteiger partial charge on any atom is -0.497 e. The molecule has 0 aliphatic heterocycles. The summed E-state index contributed by atoms with van der Waals surface area (Å²) in [4.78, 5) is 13.1. The summed E-state index contributed by atoms with van der Waals surface area (Å²) in [5.41, 5.74) is 2.85. The van der Waals surface area contributed by atoms with Crippen LogP contribution in [0.25, 0.3) is 11.2 Å². The van der Waals surface area contributed by atoms with Crippen LogP contribution in [0.2, 0.25) is 0 Å². The second-order valence-electron chi connectivity index (χ2n) is 6.04. The van der Waals surface area contributed by atoms with Crippen LogP contribution in [-0.4, -0.2) is 26.6 Å². The molecule has 0 bridgehead atoms. The average Bonchev–Trinajstić information content (AvgIpc) is 3.13. The molecule has 2 N–H and O–H groups in total. The van der Waals surface area contributed by atoms with Crippen LogP contribution >= 0.6 is 11.8 Å². The Morgan fingerprint density at radius 1 is 1.15 bits per heavy atom. The van der Waals surface area contributed by atoms with Crippen molar-refractivity contribution in [3.05, 3.63) is 72.0 Å². The van der Waals surface area contributed by atoms with Gasteiger partial charge in [-0.05, 0) is 30.2 Å². The van der Waals surface area contributed by atoms with Crippen molar-refractivity contribution >= 4 is 22.9 Å². The van der Waals surface area contributed by atoms with Gasteiger partial charge in [0.1, 0.15) is 11.3 Å². The minimum atomic E-state index is 0.200. The molecule has 7 heteroatoms. The van der Waals surface area contributed by atoms with E-state index in [2.05, 4.69) is 22.1 Å². The number of aryl methyl sites for hydroxylation is 2. The zero-order chi connectivity index (χ0) is 18.6. The van der Waals surface area contributed by atoms with E-state index in [0.29, 0.717) is 5.52 Å². The van der Waals surface area contributed by atoms with Gasteiger partial charge in [0.25, 0.3) is 0 Å². The number of imidazole rings is 1. The van der Waals surface area contributed by atoms with Gasteiger partial charge in [-0.2, -0.15) is 0 Å². The molecule has 27 heavy (non-hydrogen) atoms. The van der Waals surface area contributed by atoms with E-state index in [1.54, 1.807) is 13.4 Å². The van der Waals surface area contributed by atoms with E-state index in [-0.39, 0.29) is 5.49 Å². The van der Waals surface area contributed by atoms with Gasteiger partial charge in [-0.15, -0.1) is 0 Å². The van der Waals surface area contributed by atoms with Crippen LogP contribution < -0.4 is 10.2 Å². The molecule has 6 nitrogen and oxygen atoms in total. The Morgan fingerprint density at radius 2 is 2.00 bits per heavy atom. The summed E-state index contributed by atoms with van der Waals surface area (Å²) in [6.45, 7) is 0.752. The van der Waals surface area contributed by atoms with E-state index in [9.17, 15) is 0 Å². The van der Waals surface area contributed by atoms with Crippen LogP contribution in [0, 0.1) is 5.41 Å².